The molecular formula is C10H18F3NO. The predicted octanol–water partition coefficient (Wildman–Crippen LogP) is 2.08. The van der Waals surface area contributed by atoms with Crippen LogP contribution in [0.15, 0.2) is 0 Å². The molecular weight excluding hydrogens is 207 g/mol. The van der Waals surface area contributed by atoms with E-state index in [9.17, 15) is 13.2 Å². The predicted molar refractivity (Wildman–Crippen MR) is 51.5 cm³/mol. The van der Waals surface area contributed by atoms with Crippen molar-refractivity contribution in [2.24, 2.45) is 5.92 Å². The van der Waals surface area contributed by atoms with Crippen LogP contribution >= 0.6 is 0 Å². The van der Waals surface area contributed by atoms with Crippen LogP contribution in [0, 0.1) is 5.92 Å². The number of alkyl halides is 3. The summed E-state index contributed by atoms with van der Waals surface area (Å²) in [4.78, 5) is 0. The summed E-state index contributed by atoms with van der Waals surface area (Å²) in [6.07, 6.45) is -2.52. The van der Waals surface area contributed by atoms with Gasteiger partial charge >= 0.3 is 6.18 Å². The van der Waals surface area contributed by atoms with Gasteiger partial charge in [-0.3, -0.25) is 0 Å². The van der Waals surface area contributed by atoms with E-state index in [4.69, 9.17) is 5.11 Å². The molecule has 1 rings (SSSR count). The topological polar surface area (TPSA) is 32.3 Å². The van der Waals surface area contributed by atoms with E-state index in [1.807, 2.05) is 6.92 Å². The zero-order chi connectivity index (χ0) is 11.5. The second-order valence-electron chi connectivity index (χ2n) is 4.34. The largest absolute Gasteiger partial charge is 0.395 e. The minimum atomic E-state index is -4.03. The third kappa shape index (κ3) is 3.99. The third-order valence-electron chi connectivity index (χ3n) is 2.98. The first-order chi connectivity index (χ1) is 6.93. The molecule has 2 nitrogen and oxygen atoms in total. The molecule has 0 aromatic rings. The molecule has 0 aromatic carbocycles. The lowest BCUT2D eigenvalue weighted by atomic mass is 9.85. The van der Waals surface area contributed by atoms with Gasteiger partial charge in [-0.1, -0.05) is 0 Å². The van der Waals surface area contributed by atoms with Crippen LogP contribution in [0.5, 0.6) is 0 Å². The number of aliphatic hydroxyl groups is 1. The molecule has 15 heavy (non-hydrogen) atoms. The Morgan fingerprint density at radius 3 is 2.20 bits per heavy atom. The minimum Gasteiger partial charge on any atom is -0.395 e. The van der Waals surface area contributed by atoms with E-state index in [0.717, 1.165) is 0 Å². The first kappa shape index (κ1) is 12.8. The Balaban J connectivity index is 2.30. The normalized spacial score (nSPS) is 30.2. The smallest absolute Gasteiger partial charge is 0.391 e. The van der Waals surface area contributed by atoms with Crippen LogP contribution < -0.4 is 5.32 Å². The average molecular weight is 225 g/mol. The molecule has 90 valence electrons. The quantitative estimate of drug-likeness (QED) is 0.770. The molecule has 1 saturated carbocycles. The molecule has 5 heteroatoms. The zero-order valence-corrected chi connectivity index (χ0v) is 8.85. The van der Waals surface area contributed by atoms with Gasteiger partial charge in [0.2, 0.25) is 0 Å². The summed E-state index contributed by atoms with van der Waals surface area (Å²) in [5.41, 5.74) is 0. The van der Waals surface area contributed by atoms with Crippen molar-refractivity contribution in [1.82, 2.24) is 5.32 Å². The number of hydrogen-bond donors (Lipinski definition) is 2. The highest BCUT2D eigenvalue weighted by molar-refractivity contribution is 4.81. The van der Waals surface area contributed by atoms with Crippen LogP contribution in [0.1, 0.15) is 32.6 Å². The van der Waals surface area contributed by atoms with Crippen molar-refractivity contribution in [3.63, 3.8) is 0 Å². The Bertz CT molecular complexity index is 188. The summed E-state index contributed by atoms with van der Waals surface area (Å²) in [5.74, 6) is -1.13. The fraction of sp³-hybridized carbons (Fsp3) is 1.00. The van der Waals surface area contributed by atoms with Gasteiger partial charge in [0.15, 0.2) is 0 Å². The summed E-state index contributed by atoms with van der Waals surface area (Å²) >= 11 is 0. The summed E-state index contributed by atoms with van der Waals surface area (Å²) in [6, 6.07) is 0.100. The van der Waals surface area contributed by atoms with Gasteiger partial charge in [-0.15, -0.1) is 0 Å². The Morgan fingerprint density at radius 2 is 1.80 bits per heavy atom. The standard InChI is InChI=1S/C10H18F3NO/c1-7(6-15)14-9-4-2-8(3-5-9)10(11,12)13/h7-9,14-15H,2-6H2,1H3/t7-,8?,9?/m1/s1. The van der Waals surface area contributed by atoms with Crippen LogP contribution in [-0.4, -0.2) is 30.0 Å². The summed E-state index contributed by atoms with van der Waals surface area (Å²) in [5, 5.41) is 11.9. The lowest BCUT2D eigenvalue weighted by Gasteiger charge is -2.31. The monoisotopic (exact) mass is 225 g/mol. The van der Waals surface area contributed by atoms with Gasteiger partial charge in [0.1, 0.15) is 0 Å². The Hall–Kier alpha value is -0.290. The Kier molecular flexibility index (Phi) is 4.40. The van der Waals surface area contributed by atoms with Gasteiger partial charge < -0.3 is 10.4 Å². The summed E-state index contributed by atoms with van der Waals surface area (Å²) in [7, 11) is 0. The minimum absolute atomic E-state index is 0.0270. The fourth-order valence-electron chi connectivity index (χ4n) is 2.04. The van der Waals surface area contributed by atoms with Gasteiger partial charge in [-0.05, 0) is 32.6 Å². The van der Waals surface area contributed by atoms with Crippen LogP contribution in [0.4, 0.5) is 13.2 Å². The highest BCUT2D eigenvalue weighted by Crippen LogP contribution is 2.37. The zero-order valence-electron chi connectivity index (χ0n) is 8.85. The lowest BCUT2D eigenvalue weighted by molar-refractivity contribution is -0.182. The van der Waals surface area contributed by atoms with Gasteiger partial charge in [-0.2, -0.15) is 13.2 Å². The van der Waals surface area contributed by atoms with Gasteiger partial charge in [0, 0.05) is 12.1 Å². The van der Waals surface area contributed by atoms with Gasteiger partial charge in [-0.25, -0.2) is 0 Å². The number of halogens is 3. The van der Waals surface area contributed by atoms with Crippen LogP contribution in [0.2, 0.25) is 0 Å². The van der Waals surface area contributed by atoms with E-state index >= 15 is 0 Å². The molecule has 1 aliphatic carbocycles. The molecule has 0 spiro atoms. The van der Waals surface area contributed by atoms with Gasteiger partial charge in [0.05, 0.1) is 12.5 Å². The van der Waals surface area contributed by atoms with E-state index < -0.39 is 12.1 Å². The third-order valence-corrected chi connectivity index (χ3v) is 2.98. The van der Waals surface area contributed by atoms with E-state index in [1.165, 1.54) is 0 Å². The average Bonchev–Trinajstić information content (AvgIpc) is 2.17. The number of nitrogens with one attached hydrogen (secondary N) is 1. The van der Waals surface area contributed by atoms with Crippen LogP contribution in [0.25, 0.3) is 0 Å². The van der Waals surface area contributed by atoms with E-state index in [-0.39, 0.29) is 31.5 Å². The molecule has 0 saturated heterocycles. The Morgan fingerprint density at radius 1 is 1.27 bits per heavy atom. The van der Waals surface area contributed by atoms with Crippen molar-refractivity contribution in [1.29, 1.82) is 0 Å². The first-order valence-electron chi connectivity index (χ1n) is 5.37. The van der Waals surface area contributed by atoms with Crippen LogP contribution in [-0.2, 0) is 0 Å². The molecule has 1 fully saturated rings. The van der Waals surface area contributed by atoms with Crippen molar-refractivity contribution in [2.45, 2.75) is 50.9 Å². The van der Waals surface area contributed by atoms with E-state index in [0.29, 0.717) is 12.8 Å². The SMILES string of the molecule is C[C@H](CO)NC1CCC(C(F)(F)F)CC1. The number of hydrogen-bond acceptors (Lipinski definition) is 2. The maximum atomic E-state index is 12.3. The van der Waals surface area contributed by atoms with E-state index in [1.54, 1.807) is 0 Å². The lowest BCUT2D eigenvalue weighted by Crippen LogP contribution is -2.42. The molecule has 0 aromatic heterocycles. The fourth-order valence-corrected chi connectivity index (χ4v) is 2.04. The van der Waals surface area contributed by atoms with E-state index in [2.05, 4.69) is 5.32 Å². The highest BCUT2D eigenvalue weighted by atomic mass is 19.4. The molecule has 2 N–H and O–H groups in total. The second kappa shape index (κ2) is 5.16. The molecule has 0 bridgehead atoms. The van der Waals surface area contributed by atoms with Gasteiger partial charge in [0.25, 0.3) is 0 Å². The van der Waals surface area contributed by atoms with Crippen molar-refractivity contribution in [3.05, 3.63) is 0 Å². The van der Waals surface area contributed by atoms with Crippen molar-refractivity contribution in [3.8, 4) is 0 Å². The first-order valence-corrected chi connectivity index (χ1v) is 5.37. The number of aliphatic hydroxyl groups excluding tert-OH is 1. The molecule has 1 aliphatic rings. The van der Waals surface area contributed by atoms with Crippen molar-refractivity contribution in [2.75, 3.05) is 6.61 Å². The highest BCUT2D eigenvalue weighted by Gasteiger charge is 2.41. The maximum Gasteiger partial charge on any atom is 0.391 e. The molecule has 0 radical (unpaired) electrons. The van der Waals surface area contributed by atoms with Crippen LogP contribution in [0.3, 0.4) is 0 Å². The number of rotatable bonds is 3. The maximum absolute atomic E-state index is 12.3. The molecule has 0 amide bonds. The summed E-state index contributed by atoms with van der Waals surface area (Å²) in [6.45, 7) is 1.86. The molecule has 1 atom stereocenters. The molecule has 0 aliphatic heterocycles. The van der Waals surface area contributed by atoms with Crippen molar-refractivity contribution < 1.29 is 18.3 Å². The molecule has 0 heterocycles. The Labute approximate surface area is 87.9 Å². The van der Waals surface area contributed by atoms with Crippen molar-refractivity contribution >= 4 is 0 Å². The second-order valence-corrected chi connectivity index (χ2v) is 4.34. The molecule has 0 unspecified atom stereocenters. The summed E-state index contributed by atoms with van der Waals surface area (Å²) < 4.78 is 37.0.